The van der Waals surface area contributed by atoms with E-state index >= 15 is 0 Å². The normalized spacial score (nSPS) is 12.0. The van der Waals surface area contributed by atoms with Crippen LogP contribution >= 0.6 is 23.2 Å². The number of nitrogens with one attached hydrogen (secondary N) is 1. The summed E-state index contributed by atoms with van der Waals surface area (Å²) in [6.45, 7) is 2.99. The first kappa shape index (κ1) is 19.2. The highest BCUT2D eigenvalue weighted by molar-refractivity contribution is 6.39. The molecule has 0 bridgehead atoms. The van der Waals surface area contributed by atoms with Gasteiger partial charge in [-0.3, -0.25) is 4.79 Å². The van der Waals surface area contributed by atoms with E-state index in [0.717, 1.165) is 0 Å². The van der Waals surface area contributed by atoms with Crippen molar-refractivity contribution in [1.82, 2.24) is 0 Å². The number of carbonyl (C=O) groups excluding carboxylic acids is 2. The molecule has 0 aliphatic heterocycles. The number of hydrogen-bond donors (Lipinski definition) is 1. The molecule has 3 rings (SSSR count). The van der Waals surface area contributed by atoms with Crippen molar-refractivity contribution < 1.29 is 23.1 Å². The van der Waals surface area contributed by atoms with E-state index in [1.165, 1.54) is 19.1 Å². The van der Waals surface area contributed by atoms with Gasteiger partial charge in [0.2, 0.25) is 5.76 Å². The minimum absolute atomic E-state index is 0.0399. The molecule has 140 valence electrons. The molecule has 1 heterocycles. The molecule has 0 fully saturated rings. The lowest BCUT2D eigenvalue weighted by Gasteiger charge is -2.14. The summed E-state index contributed by atoms with van der Waals surface area (Å²) in [6, 6.07) is 9.12. The third-order valence-electron chi connectivity index (χ3n) is 3.97. The Bertz CT molecular complexity index is 1030. The van der Waals surface area contributed by atoms with E-state index in [4.69, 9.17) is 32.4 Å². The number of anilines is 1. The predicted molar refractivity (Wildman–Crippen MR) is 101 cm³/mol. The summed E-state index contributed by atoms with van der Waals surface area (Å²) >= 11 is 12.0. The van der Waals surface area contributed by atoms with Crippen LogP contribution in [0.25, 0.3) is 11.0 Å². The van der Waals surface area contributed by atoms with Crippen molar-refractivity contribution in [3.8, 4) is 0 Å². The van der Waals surface area contributed by atoms with Crippen LogP contribution in [0, 0.1) is 12.7 Å². The van der Waals surface area contributed by atoms with Gasteiger partial charge in [-0.2, -0.15) is 0 Å². The molecule has 3 aromatic rings. The summed E-state index contributed by atoms with van der Waals surface area (Å²) in [5.41, 5.74) is 0.605. The van der Waals surface area contributed by atoms with Crippen LogP contribution in [0.1, 0.15) is 23.0 Å². The highest BCUT2D eigenvalue weighted by atomic mass is 35.5. The number of amides is 1. The number of para-hydroxylation sites is 2. The first-order valence-corrected chi connectivity index (χ1v) is 8.68. The Morgan fingerprint density at radius 2 is 1.78 bits per heavy atom. The number of halogens is 3. The smallest absolute Gasteiger partial charge is 0.375 e. The molecule has 0 unspecified atom stereocenters. The maximum atomic E-state index is 13.8. The fourth-order valence-corrected chi connectivity index (χ4v) is 3.01. The molecule has 0 saturated carbocycles. The molecule has 8 heteroatoms. The van der Waals surface area contributed by atoms with Gasteiger partial charge in [0.15, 0.2) is 17.5 Å². The van der Waals surface area contributed by atoms with Crippen molar-refractivity contribution in [1.29, 1.82) is 0 Å². The summed E-state index contributed by atoms with van der Waals surface area (Å²) in [4.78, 5) is 24.7. The van der Waals surface area contributed by atoms with Crippen molar-refractivity contribution in [2.75, 3.05) is 5.32 Å². The van der Waals surface area contributed by atoms with Crippen LogP contribution in [0.5, 0.6) is 0 Å². The van der Waals surface area contributed by atoms with Crippen LogP contribution < -0.4 is 5.32 Å². The number of aryl methyl sites for hydroxylation is 1. The van der Waals surface area contributed by atoms with Crippen LogP contribution in [0.4, 0.5) is 10.1 Å². The predicted octanol–water partition coefficient (Wildman–Crippen LogP) is 5.37. The molecule has 1 atom stereocenters. The Kier molecular flexibility index (Phi) is 5.39. The molecule has 0 aliphatic rings. The molecule has 1 aromatic heterocycles. The highest BCUT2D eigenvalue weighted by Gasteiger charge is 2.25. The quantitative estimate of drug-likeness (QED) is 0.587. The number of ether oxygens (including phenoxy) is 1. The van der Waals surface area contributed by atoms with E-state index in [0.29, 0.717) is 10.9 Å². The van der Waals surface area contributed by atoms with Crippen molar-refractivity contribution in [2.45, 2.75) is 20.0 Å². The van der Waals surface area contributed by atoms with E-state index in [1.807, 2.05) is 0 Å². The van der Waals surface area contributed by atoms with E-state index in [9.17, 15) is 14.0 Å². The number of carbonyl (C=O) groups is 2. The van der Waals surface area contributed by atoms with Gasteiger partial charge < -0.3 is 14.5 Å². The van der Waals surface area contributed by atoms with Gasteiger partial charge in [-0.05, 0) is 32.0 Å². The lowest BCUT2D eigenvalue weighted by molar-refractivity contribution is -0.123. The van der Waals surface area contributed by atoms with Gasteiger partial charge in [-0.15, -0.1) is 0 Å². The van der Waals surface area contributed by atoms with Gasteiger partial charge >= 0.3 is 5.97 Å². The fraction of sp³-hybridized carbons (Fsp3) is 0.158. The average Bonchev–Trinajstić information content (AvgIpc) is 2.96. The number of benzene rings is 2. The van der Waals surface area contributed by atoms with Gasteiger partial charge in [0.1, 0.15) is 0 Å². The van der Waals surface area contributed by atoms with Crippen LogP contribution in [-0.2, 0) is 9.53 Å². The summed E-state index contributed by atoms with van der Waals surface area (Å²) in [5, 5.41) is 3.47. The molecule has 27 heavy (non-hydrogen) atoms. The highest BCUT2D eigenvalue weighted by Crippen LogP contribution is 2.30. The number of hydrogen-bond acceptors (Lipinski definition) is 4. The Hall–Kier alpha value is -2.57. The summed E-state index contributed by atoms with van der Waals surface area (Å²) < 4.78 is 24.3. The van der Waals surface area contributed by atoms with Gasteiger partial charge in [-0.1, -0.05) is 41.4 Å². The van der Waals surface area contributed by atoms with Crippen molar-refractivity contribution in [2.24, 2.45) is 0 Å². The monoisotopic (exact) mass is 409 g/mol. The number of rotatable bonds is 4. The largest absolute Gasteiger partial charge is 0.447 e. The minimum atomic E-state index is -1.16. The average molecular weight is 410 g/mol. The maximum Gasteiger partial charge on any atom is 0.375 e. The first-order valence-electron chi connectivity index (χ1n) is 7.93. The Morgan fingerprint density at radius 3 is 2.41 bits per heavy atom. The molecule has 2 aromatic carbocycles. The molecular formula is C19H14Cl2FNO4. The first-order chi connectivity index (χ1) is 12.8. The van der Waals surface area contributed by atoms with Crippen LogP contribution in [0.15, 0.2) is 40.8 Å². The van der Waals surface area contributed by atoms with Crippen LogP contribution in [0.2, 0.25) is 10.0 Å². The Morgan fingerprint density at radius 1 is 1.15 bits per heavy atom. The third-order valence-corrected chi connectivity index (χ3v) is 4.60. The molecule has 5 nitrogen and oxygen atoms in total. The number of esters is 1. The van der Waals surface area contributed by atoms with Crippen LogP contribution in [0.3, 0.4) is 0 Å². The van der Waals surface area contributed by atoms with Crippen molar-refractivity contribution in [3.05, 3.63) is 63.6 Å². The molecule has 0 spiro atoms. The van der Waals surface area contributed by atoms with Gasteiger partial charge in [0, 0.05) is 10.9 Å². The Balaban J connectivity index is 1.77. The summed E-state index contributed by atoms with van der Waals surface area (Å²) in [7, 11) is 0. The molecule has 0 saturated heterocycles. The minimum Gasteiger partial charge on any atom is -0.447 e. The SMILES string of the molecule is Cc1c(C(=O)O[C@H](C)C(=O)Nc2c(Cl)cccc2Cl)oc2c(F)cccc12. The molecular weight excluding hydrogens is 396 g/mol. The lowest BCUT2D eigenvalue weighted by atomic mass is 10.1. The second kappa shape index (κ2) is 7.58. The topological polar surface area (TPSA) is 68.5 Å². The van der Waals surface area contributed by atoms with Crippen molar-refractivity contribution >= 4 is 51.7 Å². The van der Waals surface area contributed by atoms with Gasteiger partial charge in [0.05, 0.1) is 15.7 Å². The zero-order valence-corrected chi connectivity index (χ0v) is 15.8. The molecule has 1 amide bonds. The molecule has 1 N–H and O–H groups in total. The van der Waals surface area contributed by atoms with E-state index in [1.54, 1.807) is 31.2 Å². The molecule has 0 aliphatic carbocycles. The molecule has 0 radical (unpaired) electrons. The van der Waals surface area contributed by atoms with Gasteiger partial charge in [-0.25, -0.2) is 9.18 Å². The van der Waals surface area contributed by atoms with Crippen LogP contribution in [-0.4, -0.2) is 18.0 Å². The van der Waals surface area contributed by atoms with E-state index < -0.39 is 23.8 Å². The zero-order valence-electron chi connectivity index (χ0n) is 14.3. The lowest BCUT2D eigenvalue weighted by Crippen LogP contribution is -2.30. The second-order valence-electron chi connectivity index (χ2n) is 5.81. The van der Waals surface area contributed by atoms with Crippen molar-refractivity contribution in [3.63, 3.8) is 0 Å². The zero-order chi connectivity index (χ0) is 19.7. The number of furan rings is 1. The maximum absolute atomic E-state index is 13.8. The second-order valence-corrected chi connectivity index (χ2v) is 6.62. The van der Waals surface area contributed by atoms with Gasteiger partial charge in [0.25, 0.3) is 5.91 Å². The Labute approximate surface area is 164 Å². The summed E-state index contributed by atoms with van der Waals surface area (Å²) in [6.07, 6.45) is -1.16. The third kappa shape index (κ3) is 3.77. The standard InChI is InChI=1S/C19H14Cl2FNO4/c1-9-11-5-3-8-14(22)17(11)27-16(9)19(25)26-10(2)18(24)23-15-12(20)6-4-7-13(15)21/h3-8,10H,1-2H3,(H,23,24)/t10-/m1/s1. The number of fused-ring (bicyclic) bond motifs is 1. The van der Waals surface area contributed by atoms with E-state index in [-0.39, 0.29) is 27.1 Å². The fourth-order valence-electron chi connectivity index (χ4n) is 2.51. The summed E-state index contributed by atoms with van der Waals surface area (Å²) in [5.74, 6) is -2.26. The van der Waals surface area contributed by atoms with E-state index in [2.05, 4.69) is 5.32 Å².